The summed E-state index contributed by atoms with van der Waals surface area (Å²) in [5.74, 6) is -3.66. The van der Waals surface area contributed by atoms with Crippen molar-refractivity contribution in [2.75, 3.05) is 5.73 Å². The molecule has 2 aromatic heterocycles. The number of ketones is 1. The van der Waals surface area contributed by atoms with Gasteiger partial charge in [0.15, 0.2) is 5.78 Å². The molecule has 3 N–H and O–H groups in total. The Morgan fingerprint density at radius 3 is 2.48 bits per heavy atom. The van der Waals surface area contributed by atoms with Gasteiger partial charge in [0.1, 0.15) is 22.5 Å². The highest BCUT2D eigenvalue weighted by molar-refractivity contribution is 7.14. The summed E-state index contributed by atoms with van der Waals surface area (Å²) >= 11 is 1.24. The Morgan fingerprint density at radius 2 is 1.79 bits per heavy atom. The third-order valence-corrected chi connectivity index (χ3v) is 5.36. The van der Waals surface area contributed by atoms with Gasteiger partial charge in [0.2, 0.25) is 0 Å². The predicted octanol–water partition coefficient (Wildman–Crippen LogP) is 3.40. The van der Waals surface area contributed by atoms with Gasteiger partial charge < -0.3 is 10.8 Å². The smallest absolute Gasteiger partial charge is 0.303 e. The number of aryl methyl sites for hydroxylation is 1. The number of nitrogens with two attached hydrogens (primary N) is 1. The highest BCUT2D eigenvalue weighted by Gasteiger charge is 2.20. The number of rotatable bonds is 7. The van der Waals surface area contributed by atoms with Crippen LogP contribution in [-0.2, 0) is 11.2 Å². The van der Waals surface area contributed by atoms with Crippen molar-refractivity contribution in [2.45, 2.75) is 19.3 Å². The minimum Gasteiger partial charge on any atom is -0.481 e. The van der Waals surface area contributed by atoms with Crippen molar-refractivity contribution < 1.29 is 23.5 Å². The number of aliphatic carboxylic acids is 1. The average Bonchev–Trinajstić information content (AvgIpc) is 3.09. The van der Waals surface area contributed by atoms with E-state index in [-0.39, 0.29) is 23.4 Å². The topological polar surface area (TPSA) is 102 Å². The van der Waals surface area contributed by atoms with E-state index in [1.807, 2.05) is 0 Å². The molecule has 0 amide bonds. The highest BCUT2D eigenvalue weighted by Crippen LogP contribution is 2.26. The number of benzene rings is 1. The van der Waals surface area contributed by atoms with E-state index in [2.05, 4.69) is 0 Å². The van der Waals surface area contributed by atoms with Crippen LogP contribution in [-0.4, -0.2) is 21.4 Å². The lowest BCUT2D eigenvalue weighted by atomic mass is 10.0. The minimum atomic E-state index is -1.02. The van der Waals surface area contributed by atoms with Crippen LogP contribution in [0.4, 0.5) is 14.6 Å². The fourth-order valence-electron chi connectivity index (χ4n) is 2.83. The maximum Gasteiger partial charge on any atom is 0.303 e. The van der Waals surface area contributed by atoms with Crippen molar-refractivity contribution in [3.05, 3.63) is 80.5 Å². The van der Waals surface area contributed by atoms with E-state index in [1.165, 1.54) is 17.4 Å². The molecular formula is C20H16F2N2O4S. The Balaban J connectivity index is 1.96. The average molecular weight is 418 g/mol. The predicted molar refractivity (Wildman–Crippen MR) is 105 cm³/mol. The molecule has 0 aliphatic carbocycles. The zero-order valence-electron chi connectivity index (χ0n) is 15.0. The number of anilines is 1. The van der Waals surface area contributed by atoms with Crippen molar-refractivity contribution in [3.8, 4) is 5.00 Å². The molecule has 0 atom stereocenters. The third-order valence-electron chi connectivity index (χ3n) is 4.23. The molecule has 0 unspecified atom stereocenters. The molecule has 9 heteroatoms. The van der Waals surface area contributed by atoms with E-state index >= 15 is 0 Å². The zero-order chi connectivity index (χ0) is 21.1. The van der Waals surface area contributed by atoms with E-state index in [9.17, 15) is 23.2 Å². The number of carboxylic acids is 1. The largest absolute Gasteiger partial charge is 0.481 e. The van der Waals surface area contributed by atoms with Crippen molar-refractivity contribution in [1.82, 2.24) is 4.57 Å². The summed E-state index contributed by atoms with van der Waals surface area (Å²) < 4.78 is 28.2. The molecule has 2 heterocycles. The first-order chi connectivity index (χ1) is 13.8. The summed E-state index contributed by atoms with van der Waals surface area (Å²) in [4.78, 5) is 36.5. The third kappa shape index (κ3) is 4.40. The van der Waals surface area contributed by atoms with Crippen LogP contribution in [0.2, 0.25) is 0 Å². The van der Waals surface area contributed by atoms with Crippen molar-refractivity contribution in [2.24, 2.45) is 0 Å². The second kappa shape index (κ2) is 8.36. The molecular weight excluding hydrogens is 402 g/mol. The van der Waals surface area contributed by atoms with Crippen LogP contribution >= 0.6 is 11.3 Å². The number of thiophene rings is 1. The van der Waals surface area contributed by atoms with Gasteiger partial charge in [0.25, 0.3) is 5.56 Å². The molecule has 6 nitrogen and oxygen atoms in total. The molecule has 0 fully saturated rings. The quantitative estimate of drug-likeness (QED) is 0.573. The summed E-state index contributed by atoms with van der Waals surface area (Å²) in [7, 11) is 0. The van der Waals surface area contributed by atoms with Gasteiger partial charge in [-0.1, -0.05) is 0 Å². The second-order valence-corrected chi connectivity index (χ2v) is 7.39. The summed E-state index contributed by atoms with van der Waals surface area (Å²) in [5, 5.41) is 9.17. The molecule has 3 aromatic rings. The molecule has 3 rings (SSSR count). The van der Waals surface area contributed by atoms with Crippen LogP contribution in [0.1, 0.15) is 33.6 Å². The van der Waals surface area contributed by atoms with E-state index in [4.69, 9.17) is 10.8 Å². The van der Waals surface area contributed by atoms with Crippen LogP contribution in [0.15, 0.2) is 47.3 Å². The fourth-order valence-corrected chi connectivity index (χ4v) is 3.89. The number of carbonyl (C=O) groups is 2. The van der Waals surface area contributed by atoms with E-state index < -0.39 is 28.9 Å². The van der Waals surface area contributed by atoms with Crippen LogP contribution in [0.3, 0.4) is 0 Å². The first-order valence-corrected chi connectivity index (χ1v) is 9.41. The Bertz CT molecular complexity index is 1150. The van der Waals surface area contributed by atoms with Gasteiger partial charge in [-0.05, 0) is 43.2 Å². The number of halogens is 2. The Labute approximate surface area is 167 Å². The van der Waals surface area contributed by atoms with Crippen molar-refractivity contribution in [1.29, 1.82) is 0 Å². The summed E-state index contributed by atoms with van der Waals surface area (Å²) in [6.45, 7) is 0. The number of carboxylic acid groups (broad SMARTS) is 1. The van der Waals surface area contributed by atoms with E-state index in [0.29, 0.717) is 23.9 Å². The van der Waals surface area contributed by atoms with Crippen LogP contribution in [0.5, 0.6) is 0 Å². The summed E-state index contributed by atoms with van der Waals surface area (Å²) in [6, 6.07) is 8.34. The molecule has 0 bridgehead atoms. The van der Waals surface area contributed by atoms with Crippen molar-refractivity contribution in [3.63, 3.8) is 0 Å². The fraction of sp³-hybridized carbons (Fsp3) is 0.150. The molecule has 0 radical (unpaired) electrons. The molecule has 0 saturated carbocycles. The lowest BCUT2D eigenvalue weighted by molar-refractivity contribution is -0.137. The van der Waals surface area contributed by atoms with Crippen LogP contribution in [0, 0.1) is 11.6 Å². The Morgan fingerprint density at radius 1 is 1.07 bits per heavy atom. The van der Waals surface area contributed by atoms with Crippen molar-refractivity contribution >= 4 is 28.9 Å². The molecule has 0 saturated heterocycles. The zero-order valence-corrected chi connectivity index (χ0v) is 15.8. The lowest BCUT2D eigenvalue weighted by Gasteiger charge is -2.11. The molecule has 29 heavy (non-hydrogen) atoms. The lowest BCUT2D eigenvalue weighted by Crippen LogP contribution is -2.23. The highest BCUT2D eigenvalue weighted by atomic mass is 32.1. The summed E-state index contributed by atoms with van der Waals surface area (Å²) in [6.07, 6.45) is 0.996. The number of nitrogen functional groups attached to an aromatic ring is 1. The number of aromatic nitrogens is 1. The number of hydrogen-bond donors (Lipinski definition) is 2. The number of nitrogens with zero attached hydrogens (tertiary/aromatic N) is 1. The number of hydrogen-bond acceptors (Lipinski definition) is 5. The van der Waals surface area contributed by atoms with Crippen LogP contribution in [0.25, 0.3) is 5.00 Å². The minimum absolute atomic E-state index is 0.0303. The van der Waals surface area contributed by atoms with Crippen LogP contribution < -0.4 is 11.3 Å². The first kappa shape index (κ1) is 20.4. The normalized spacial score (nSPS) is 10.8. The van der Waals surface area contributed by atoms with Gasteiger partial charge in [-0.25, -0.2) is 8.78 Å². The maximum absolute atomic E-state index is 14.0. The van der Waals surface area contributed by atoms with Gasteiger partial charge in [-0.2, -0.15) is 0 Å². The van der Waals surface area contributed by atoms with Gasteiger partial charge in [-0.3, -0.25) is 19.0 Å². The number of pyridine rings is 1. The Hall–Kier alpha value is -3.33. The molecule has 0 aliphatic rings. The Kier molecular flexibility index (Phi) is 5.88. The van der Waals surface area contributed by atoms with Gasteiger partial charge in [0, 0.05) is 23.4 Å². The molecule has 150 valence electrons. The molecule has 1 aromatic carbocycles. The van der Waals surface area contributed by atoms with E-state index in [1.54, 1.807) is 12.1 Å². The first-order valence-electron chi connectivity index (χ1n) is 8.60. The van der Waals surface area contributed by atoms with E-state index in [0.717, 1.165) is 27.6 Å². The van der Waals surface area contributed by atoms with Gasteiger partial charge in [-0.15, -0.1) is 11.3 Å². The standard InChI is InChI=1S/C20H16F2N2O4S/c21-11-4-6-13(15(22)10-11)19(28)14-7-8-16(25)24(20(14)23)17-9-5-12(29-17)2-1-3-18(26)27/h4-10H,1-3,23H2,(H,26,27). The summed E-state index contributed by atoms with van der Waals surface area (Å²) in [5.41, 5.74) is 5.14. The maximum atomic E-state index is 14.0. The molecule has 0 spiro atoms. The van der Waals surface area contributed by atoms with Gasteiger partial charge >= 0.3 is 5.97 Å². The molecule has 0 aliphatic heterocycles. The second-order valence-electron chi connectivity index (χ2n) is 6.25. The van der Waals surface area contributed by atoms with Gasteiger partial charge in [0.05, 0.1) is 11.1 Å². The monoisotopic (exact) mass is 418 g/mol. The SMILES string of the molecule is Nc1c(C(=O)c2ccc(F)cc2F)ccc(=O)n1-c1ccc(CCCC(=O)O)s1. The number of carbonyl (C=O) groups excluding carboxylic acids is 1.